The van der Waals surface area contributed by atoms with Gasteiger partial charge in [0, 0.05) is 32.6 Å². The fourth-order valence-corrected chi connectivity index (χ4v) is 4.67. The molecule has 1 aliphatic rings. The van der Waals surface area contributed by atoms with Gasteiger partial charge in [0.2, 0.25) is 11.8 Å². The lowest BCUT2D eigenvalue weighted by Gasteiger charge is -2.32. The highest BCUT2D eigenvalue weighted by atomic mass is 16.7. The van der Waals surface area contributed by atoms with E-state index < -0.39 is 30.6 Å². The van der Waals surface area contributed by atoms with E-state index >= 15 is 0 Å². The molecule has 0 saturated carbocycles. The summed E-state index contributed by atoms with van der Waals surface area (Å²) in [6.07, 6.45) is 1.52. The first-order chi connectivity index (χ1) is 18.6. The SMILES string of the molecule is CC[C@H](C)[C@@H](CN(CC(=O)ON(C)[C@@H](CO)C(=O)O)Cc1cccc2ccccc12)NC(=O)[C@@H]1CCC(=O)N1. The molecule has 0 bridgehead atoms. The first kappa shape index (κ1) is 30.0. The smallest absolute Gasteiger partial charge is 0.339 e. The van der Waals surface area contributed by atoms with Gasteiger partial charge in [0.1, 0.15) is 6.04 Å². The predicted octanol–water partition coefficient (Wildman–Crippen LogP) is 1.29. The van der Waals surface area contributed by atoms with Crippen molar-refractivity contribution in [1.82, 2.24) is 20.6 Å². The van der Waals surface area contributed by atoms with Crippen LogP contribution in [0.2, 0.25) is 0 Å². The second kappa shape index (κ2) is 14.0. The number of nitrogens with one attached hydrogen (secondary N) is 2. The maximum absolute atomic E-state index is 13.0. The molecular weight excluding hydrogens is 504 g/mol. The number of rotatable bonds is 14. The van der Waals surface area contributed by atoms with E-state index in [9.17, 15) is 29.4 Å². The fourth-order valence-electron chi connectivity index (χ4n) is 4.67. The number of aliphatic carboxylic acids is 1. The zero-order valence-corrected chi connectivity index (χ0v) is 22.6. The molecule has 11 heteroatoms. The minimum absolute atomic E-state index is 0.0607. The summed E-state index contributed by atoms with van der Waals surface area (Å²) in [5.41, 5.74) is 0.977. The number of hydrogen-bond acceptors (Lipinski definition) is 8. The quantitative estimate of drug-likeness (QED) is 0.259. The Kier molecular flexibility index (Phi) is 10.8. The number of aliphatic hydroxyl groups excluding tert-OH is 1. The van der Waals surface area contributed by atoms with Crippen LogP contribution in [0, 0.1) is 5.92 Å². The second-order valence-corrected chi connectivity index (χ2v) is 10.0. The first-order valence-electron chi connectivity index (χ1n) is 13.2. The Labute approximate surface area is 228 Å². The molecule has 2 aromatic carbocycles. The lowest BCUT2D eigenvalue weighted by Crippen LogP contribution is -2.53. The summed E-state index contributed by atoms with van der Waals surface area (Å²) < 4.78 is 0. The maximum Gasteiger partial charge on any atom is 0.339 e. The average molecular weight is 543 g/mol. The Morgan fingerprint density at radius 2 is 1.90 bits per heavy atom. The first-order valence-corrected chi connectivity index (χ1v) is 13.2. The minimum atomic E-state index is -1.39. The van der Waals surface area contributed by atoms with Crippen LogP contribution in [-0.2, 0) is 30.6 Å². The third-order valence-corrected chi connectivity index (χ3v) is 7.19. The minimum Gasteiger partial charge on any atom is -0.480 e. The van der Waals surface area contributed by atoms with Gasteiger partial charge in [-0.2, -0.15) is 0 Å². The van der Waals surface area contributed by atoms with Crippen molar-refractivity contribution in [3.05, 3.63) is 48.0 Å². The highest BCUT2D eigenvalue weighted by molar-refractivity contribution is 5.91. The highest BCUT2D eigenvalue weighted by Gasteiger charge is 2.31. The predicted molar refractivity (Wildman–Crippen MR) is 144 cm³/mol. The zero-order valence-electron chi connectivity index (χ0n) is 22.6. The van der Waals surface area contributed by atoms with Crippen LogP contribution in [-0.4, -0.2) is 88.8 Å². The molecule has 4 atom stereocenters. The number of aliphatic hydroxyl groups is 1. The molecule has 1 aliphatic heterocycles. The zero-order chi connectivity index (χ0) is 28.5. The molecule has 39 heavy (non-hydrogen) atoms. The van der Waals surface area contributed by atoms with E-state index in [4.69, 9.17) is 4.84 Å². The lowest BCUT2D eigenvalue weighted by molar-refractivity contribution is -0.203. The molecule has 1 heterocycles. The van der Waals surface area contributed by atoms with Crippen molar-refractivity contribution < 1.29 is 34.2 Å². The van der Waals surface area contributed by atoms with Crippen LogP contribution in [0.4, 0.5) is 0 Å². The van der Waals surface area contributed by atoms with Crippen molar-refractivity contribution in [3.8, 4) is 0 Å². The number of amides is 2. The van der Waals surface area contributed by atoms with Gasteiger partial charge in [-0.05, 0) is 28.7 Å². The average Bonchev–Trinajstić information content (AvgIpc) is 3.34. The van der Waals surface area contributed by atoms with Crippen LogP contribution in [0.25, 0.3) is 10.8 Å². The number of nitrogens with zero attached hydrogens (tertiary/aromatic N) is 2. The second-order valence-electron chi connectivity index (χ2n) is 10.0. The van der Waals surface area contributed by atoms with Gasteiger partial charge in [0.05, 0.1) is 13.2 Å². The molecule has 212 valence electrons. The Morgan fingerprint density at radius 1 is 1.18 bits per heavy atom. The number of hydrogen-bond donors (Lipinski definition) is 4. The van der Waals surface area contributed by atoms with Gasteiger partial charge in [-0.1, -0.05) is 62.7 Å². The molecule has 0 spiro atoms. The summed E-state index contributed by atoms with van der Waals surface area (Å²) >= 11 is 0. The topological polar surface area (TPSA) is 149 Å². The number of benzene rings is 2. The molecule has 3 rings (SSSR count). The van der Waals surface area contributed by atoms with Crippen molar-refractivity contribution in [3.63, 3.8) is 0 Å². The van der Waals surface area contributed by atoms with Gasteiger partial charge in [0.15, 0.2) is 6.04 Å². The number of hydroxylamine groups is 2. The molecule has 0 radical (unpaired) electrons. The van der Waals surface area contributed by atoms with Crippen molar-refractivity contribution in [2.45, 2.75) is 57.8 Å². The van der Waals surface area contributed by atoms with Crippen LogP contribution >= 0.6 is 0 Å². The summed E-state index contributed by atoms with van der Waals surface area (Å²) in [4.78, 5) is 56.0. The molecule has 0 aromatic heterocycles. The van der Waals surface area contributed by atoms with Crippen molar-refractivity contribution in [2.24, 2.45) is 5.92 Å². The summed E-state index contributed by atoms with van der Waals surface area (Å²) in [6.45, 7) is 3.80. The van der Waals surface area contributed by atoms with E-state index in [1.165, 1.54) is 7.05 Å². The largest absolute Gasteiger partial charge is 0.480 e. The number of carbonyl (C=O) groups is 4. The van der Waals surface area contributed by atoms with Crippen LogP contribution in [0.15, 0.2) is 42.5 Å². The molecular formula is C28H38N4O7. The Morgan fingerprint density at radius 3 is 2.54 bits per heavy atom. The van der Waals surface area contributed by atoms with E-state index in [0.717, 1.165) is 27.8 Å². The van der Waals surface area contributed by atoms with Crippen LogP contribution < -0.4 is 10.6 Å². The fraction of sp³-hybridized carbons (Fsp3) is 0.500. The van der Waals surface area contributed by atoms with E-state index in [1.807, 2.05) is 61.2 Å². The summed E-state index contributed by atoms with van der Waals surface area (Å²) in [6, 6.07) is 11.5. The Bertz CT molecular complexity index is 1170. The van der Waals surface area contributed by atoms with Gasteiger partial charge in [0.25, 0.3) is 0 Å². The van der Waals surface area contributed by atoms with E-state index in [0.29, 0.717) is 25.9 Å². The molecule has 1 fully saturated rings. The summed E-state index contributed by atoms with van der Waals surface area (Å²) in [7, 11) is 1.28. The summed E-state index contributed by atoms with van der Waals surface area (Å²) in [5.74, 6) is -2.37. The van der Waals surface area contributed by atoms with Gasteiger partial charge in [-0.15, -0.1) is 5.06 Å². The monoisotopic (exact) mass is 542 g/mol. The normalized spacial score (nSPS) is 17.6. The Balaban J connectivity index is 1.83. The molecule has 2 amide bonds. The maximum atomic E-state index is 13.0. The van der Waals surface area contributed by atoms with E-state index in [-0.39, 0.29) is 30.3 Å². The van der Waals surface area contributed by atoms with Crippen LogP contribution in [0.5, 0.6) is 0 Å². The van der Waals surface area contributed by atoms with E-state index in [2.05, 4.69) is 10.6 Å². The third-order valence-electron chi connectivity index (χ3n) is 7.19. The molecule has 11 nitrogen and oxygen atoms in total. The summed E-state index contributed by atoms with van der Waals surface area (Å²) in [5, 5.41) is 27.3. The van der Waals surface area contributed by atoms with Gasteiger partial charge < -0.3 is 25.7 Å². The number of carbonyl (C=O) groups excluding carboxylic acids is 3. The molecule has 2 aromatic rings. The molecule has 0 unspecified atom stereocenters. The number of fused-ring (bicyclic) bond motifs is 1. The number of carboxylic acids is 1. The van der Waals surface area contributed by atoms with Gasteiger partial charge >= 0.3 is 11.9 Å². The standard InChI is InChI=1S/C28H38N4O7/c1-4-18(2)23(30-27(36)22-12-13-25(34)29-22)15-32(16-26(35)39-31(3)24(17-33)28(37)38)14-20-10-7-9-19-8-5-6-11-21(19)20/h5-11,18,22-24,33H,4,12-17H2,1-3H3,(H,29,34)(H,30,36)(H,37,38)/t18-,22-,23+,24-/m0/s1. The van der Waals surface area contributed by atoms with Crippen LogP contribution in [0.3, 0.4) is 0 Å². The van der Waals surface area contributed by atoms with Crippen molar-refractivity contribution in [2.75, 3.05) is 26.7 Å². The molecule has 1 saturated heterocycles. The van der Waals surface area contributed by atoms with Crippen molar-refractivity contribution >= 4 is 34.5 Å². The van der Waals surface area contributed by atoms with Crippen LogP contribution in [0.1, 0.15) is 38.7 Å². The van der Waals surface area contributed by atoms with E-state index in [1.54, 1.807) is 0 Å². The third kappa shape index (κ3) is 8.22. The Hall–Kier alpha value is -3.54. The molecule has 4 N–H and O–H groups in total. The number of likely N-dealkylation sites (N-methyl/N-ethyl adjacent to an activating group) is 1. The van der Waals surface area contributed by atoms with Gasteiger partial charge in [-0.3, -0.25) is 19.3 Å². The highest BCUT2D eigenvalue weighted by Crippen LogP contribution is 2.21. The van der Waals surface area contributed by atoms with Crippen molar-refractivity contribution in [1.29, 1.82) is 0 Å². The lowest BCUT2D eigenvalue weighted by atomic mass is 9.97. The van der Waals surface area contributed by atoms with Gasteiger partial charge in [-0.25, -0.2) is 4.79 Å². The number of carboxylic acid groups (broad SMARTS) is 1. The molecule has 0 aliphatic carbocycles.